The van der Waals surface area contributed by atoms with Crippen LogP contribution in [-0.4, -0.2) is 84.0 Å². The zero-order valence-corrected chi connectivity index (χ0v) is 86.8. The maximum absolute atomic E-state index is 12.4. The van der Waals surface area contributed by atoms with Crippen molar-refractivity contribution in [1.29, 1.82) is 0 Å². The van der Waals surface area contributed by atoms with Gasteiger partial charge in [-0.15, -0.1) is 0 Å². The summed E-state index contributed by atoms with van der Waals surface area (Å²) in [4.78, 5) is 61.5. The van der Waals surface area contributed by atoms with Crippen LogP contribution in [0.3, 0.4) is 0 Å². The van der Waals surface area contributed by atoms with Crippen LogP contribution in [-0.2, 0) is 37.0 Å². The number of fused-ring (bicyclic) bond motifs is 25. The fraction of sp³-hybridized carbons (Fsp3) is 0.793. The maximum atomic E-state index is 12.4. The van der Waals surface area contributed by atoms with Gasteiger partial charge in [0.25, 0.3) is 0 Å². The Hall–Kier alpha value is -5.21. The lowest BCUT2D eigenvalue weighted by Crippen LogP contribution is -2.62. The average Bonchev–Trinajstić information content (AvgIpc) is 1.47. The number of carboxylic acid groups (broad SMARTS) is 1. The van der Waals surface area contributed by atoms with Gasteiger partial charge >= 0.3 is 11.9 Å². The number of pyridine rings is 2. The minimum absolute atomic E-state index is 0.0326. The SMILES string of the molecule is C/C=C1/CC[C@H]2[C@@H]3CC=C4C[C@@H](C)CC[C@]4(C)[C@H]3C[C@@H](OC(C)=O)[C@]12C.C[C@@H]1CC[C@@]2(C)[C@@H](C1)C[C@@H](O)[C@@H]1[C@@H]2C[C@H](O)[C@]2(C)[C@@H]([C@H](C)CCC(=O)O)CC[C@@H]12.C[C@H]1CC[C@@]2(C)C(=CC[C@@H]3[C@@H]2CC[C@]2(C)C(=NCc4ccccn4)CC[C@@H]32)C1.C[C@H]1CC[C@@]2(C)C(=CC[C@@H]3[C@@H]2CC[C@]2(C)C(=O)CC[C@@H]32)C1.C[C@H]1CC[C@@]2(C)C(=CC[C@H]3[C@@H]4CCC(=O)[C@@]4(C)[C@H](O)C[C@@H]32)C1.NCc1ccccn1. The van der Waals surface area contributed by atoms with Crippen molar-refractivity contribution < 1.29 is 44.3 Å². The third-order valence-corrected chi connectivity index (χ3v) is 46.0. The van der Waals surface area contributed by atoms with E-state index in [4.69, 9.17) is 20.6 Å². The normalized spacial score (nSPS) is 47.8. The molecule has 22 rings (SSSR count). The number of Topliss-reactive ketones (excluding diaryl/α,β-unsaturated/α-hetero) is 2. The zero-order chi connectivity index (χ0) is 95.5. The molecule has 0 bridgehead atoms. The van der Waals surface area contributed by atoms with Gasteiger partial charge in [0, 0.05) is 67.1 Å². The van der Waals surface area contributed by atoms with Gasteiger partial charge in [0.15, 0.2) is 0 Å². The average molecular weight is 1840 g/mol. The first-order valence-electron chi connectivity index (χ1n) is 55.6. The van der Waals surface area contributed by atoms with Gasteiger partial charge in [0.2, 0.25) is 0 Å². The molecular formula is C121H182N4O9. The first kappa shape index (κ1) is 100. The third kappa shape index (κ3) is 17.6. The monoisotopic (exact) mass is 1840 g/mol. The third-order valence-electron chi connectivity index (χ3n) is 46.0. The molecule has 16 fully saturated rings. The number of aromatic nitrogens is 2. The minimum atomic E-state index is -0.728. The van der Waals surface area contributed by atoms with Crippen LogP contribution in [0.1, 0.15) is 386 Å². The molecule has 0 aromatic carbocycles. The quantitative estimate of drug-likeness (QED) is 0.123. The fourth-order valence-electron chi connectivity index (χ4n) is 37.7. The van der Waals surface area contributed by atoms with Gasteiger partial charge in [-0.3, -0.25) is 34.1 Å². The molecule has 0 radical (unpaired) electrons. The molecule has 740 valence electrons. The second-order valence-corrected chi connectivity index (χ2v) is 52.3. The Morgan fingerprint density at radius 2 is 0.940 bits per heavy atom. The number of nitrogens with zero attached hydrogens (tertiary/aromatic N) is 3. The number of aliphatic carboxylic acids is 1. The maximum Gasteiger partial charge on any atom is 0.303 e. The number of aliphatic hydroxyl groups is 3. The van der Waals surface area contributed by atoms with Crippen molar-refractivity contribution in [2.24, 2.45) is 201 Å². The number of carbonyl (C=O) groups excluding carboxylic acids is 3. The lowest BCUT2D eigenvalue weighted by molar-refractivity contribution is -0.203. The number of allylic oxidation sites excluding steroid dienone is 9. The van der Waals surface area contributed by atoms with E-state index in [0.717, 1.165) is 147 Å². The number of aliphatic imine (C=N–C) groups is 1. The molecule has 16 saturated carbocycles. The van der Waals surface area contributed by atoms with Crippen molar-refractivity contribution in [2.75, 3.05) is 0 Å². The molecular weight excluding hydrogens is 1650 g/mol. The molecule has 20 aliphatic carbocycles. The van der Waals surface area contributed by atoms with E-state index in [1.807, 2.05) is 36.0 Å². The van der Waals surface area contributed by atoms with E-state index < -0.39 is 17.5 Å². The summed E-state index contributed by atoms with van der Waals surface area (Å²) in [5.74, 6) is 15.2. The summed E-state index contributed by atoms with van der Waals surface area (Å²) in [5, 5.41) is 42.8. The lowest BCUT2D eigenvalue weighted by atomic mass is 9.42. The molecule has 20 aliphatic rings. The molecule has 2 aromatic heterocycles. The molecule has 0 amide bonds. The van der Waals surface area contributed by atoms with Gasteiger partial charge in [-0.25, -0.2) is 0 Å². The van der Waals surface area contributed by atoms with Crippen LogP contribution < -0.4 is 5.73 Å². The Balaban J connectivity index is 0.000000115. The number of aliphatic hydroxyl groups excluding tert-OH is 3. The van der Waals surface area contributed by atoms with Gasteiger partial charge in [-0.1, -0.05) is 181 Å². The molecule has 0 saturated heterocycles. The topological polar surface area (TPSA) is 223 Å². The molecule has 0 spiro atoms. The van der Waals surface area contributed by atoms with Crippen LogP contribution in [0, 0.1) is 190 Å². The number of carboxylic acids is 1. The van der Waals surface area contributed by atoms with Crippen LogP contribution in [0.5, 0.6) is 0 Å². The summed E-state index contributed by atoms with van der Waals surface area (Å²) in [6.07, 6.45) is 60.8. The molecule has 0 aliphatic heterocycles. The van der Waals surface area contributed by atoms with Crippen LogP contribution >= 0.6 is 0 Å². The molecule has 2 heterocycles. The number of ketones is 2. The molecule has 13 heteroatoms. The summed E-state index contributed by atoms with van der Waals surface area (Å²) in [6, 6.07) is 11.9. The summed E-state index contributed by atoms with van der Waals surface area (Å²) >= 11 is 0. The van der Waals surface area contributed by atoms with Gasteiger partial charge in [0.05, 0.1) is 41.7 Å². The standard InChI is InChI=1S/C26H36N2.C25H42O4.C24H36O2.C20H30O2.C20H30O.C6H8N2/c1-18-11-13-25(2)19(16-18)7-8-21-22-9-10-24(26(22,3)14-12-23(21)25)28-17-20-6-4-5-15-27-20;1-14-9-10-24(3)16(11-14)12-20(26)23-18-7-6-17(15(2)5-8-22(28)29)25(18,4)21(27)13-19(23)24;1-6-17-8-10-20-19-9-7-18-13-15(2)11-12-23(18,4)21(19)14-22(24(17,20)5)26-16(3)25;1-12-8-9-19(2)13(10-12)4-5-14-15-6-7-17(21)20(15,3)18(22)11-16(14)19;1-13-8-10-19(2)14(12-13)4-5-15-16-6-7-18(21)20(16,3)11-9-17(15)19;7-5-6-3-1-2-4-8-6/h4-7,15,18,21-23H,8-14,16-17H2,1-3H3;14-21,23,26-27H,5-13H2,1-4H3,(H,28,29);6-7,15,19-22H,8-14H2,1-5H3;4,12,14-16,18,22H,5-11H2,1-3H3;4,13,15-17H,5-12H2,1-3H3;1-4H,5,7H2/b;;17-6-;;;/t18-,21-,22-,23-,25-,26-;14-,15-,16+,17-,18+,19+,20-,21+,23+,24+,25-;15-,19-,20-,21-,22+,23-,24+;12-,14-,15-,16-,18+,19-,20-;13-,15-,16-,17-,19-,20-;/m01000./s1. The molecule has 2 aromatic rings. The fourth-order valence-corrected chi connectivity index (χ4v) is 37.7. The molecule has 13 nitrogen and oxygen atoms in total. The molecule has 6 N–H and O–H groups in total. The van der Waals surface area contributed by atoms with Crippen molar-refractivity contribution in [3.63, 3.8) is 0 Å². The first-order valence-corrected chi connectivity index (χ1v) is 55.6. The second kappa shape index (κ2) is 38.9. The van der Waals surface area contributed by atoms with E-state index in [1.165, 1.54) is 178 Å². The summed E-state index contributed by atoms with van der Waals surface area (Å²) < 4.78 is 6.04. The number of nitrogens with two attached hydrogens (primary N) is 1. The highest BCUT2D eigenvalue weighted by Crippen LogP contribution is 2.73. The van der Waals surface area contributed by atoms with Crippen LogP contribution in [0.25, 0.3) is 0 Å². The van der Waals surface area contributed by atoms with Crippen LogP contribution in [0.4, 0.5) is 0 Å². The van der Waals surface area contributed by atoms with Crippen molar-refractivity contribution in [3.05, 3.63) is 118 Å². The molecule has 134 heavy (non-hydrogen) atoms. The van der Waals surface area contributed by atoms with E-state index >= 15 is 0 Å². The van der Waals surface area contributed by atoms with Crippen molar-refractivity contribution >= 4 is 29.2 Å². The van der Waals surface area contributed by atoms with E-state index in [9.17, 15) is 34.5 Å². The number of hydrogen-bond donors (Lipinski definition) is 5. The Morgan fingerprint density at radius 1 is 0.485 bits per heavy atom. The molecule has 37 atom stereocenters. The summed E-state index contributed by atoms with van der Waals surface area (Å²) in [5.41, 5.74) is 18.9. The smallest absolute Gasteiger partial charge is 0.303 e. The Bertz CT molecular complexity index is 4760. The predicted octanol–water partition coefficient (Wildman–Crippen LogP) is 27.2. The Kier molecular flexibility index (Phi) is 29.1. The minimum Gasteiger partial charge on any atom is -0.481 e. The number of rotatable bonds is 8. The number of esters is 1. The Morgan fingerprint density at radius 3 is 1.46 bits per heavy atom. The van der Waals surface area contributed by atoms with Crippen LogP contribution in [0.2, 0.25) is 0 Å². The lowest BCUT2D eigenvalue weighted by Gasteiger charge is -2.63. The van der Waals surface area contributed by atoms with E-state index in [0.29, 0.717) is 124 Å². The molecule has 0 unspecified atom stereocenters. The van der Waals surface area contributed by atoms with Gasteiger partial charge in [-0.2, -0.15) is 0 Å². The summed E-state index contributed by atoms with van der Waals surface area (Å²) in [7, 11) is 0. The van der Waals surface area contributed by atoms with E-state index in [1.54, 1.807) is 29.8 Å². The van der Waals surface area contributed by atoms with Gasteiger partial charge < -0.3 is 30.9 Å². The van der Waals surface area contributed by atoms with Gasteiger partial charge in [-0.05, 0) is 431 Å². The highest BCUT2D eigenvalue weighted by atomic mass is 16.5. The van der Waals surface area contributed by atoms with Gasteiger partial charge in [0.1, 0.15) is 17.7 Å². The number of ether oxygens (including phenoxy) is 1. The summed E-state index contributed by atoms with van der Waals surface area (Å²) in [6.45, 7) is 43.4. The predicted molar refractivity (Wildman–Crippen MR) is 540 cm³/mol. The first-order chi connectivity index (χ1) is 63.6. The number of carbonyl (C=O) groups is 4. The highest BCUT2D eigenvalue weighted by Gasteiger charge is 2.69. The van der Waals surface area contributed by atoms with Crippen molar-refractivity contribution in [2.45, 2.75) is 413 Å². The van der Waals surface area contributed by atoms with E-state index in [2.05, 4.69) is 170 Å². The van der Waals surface area contributed by atoms with Crippen molar-refractivity contribution in [1.82, 2.24) is 9.97 Å². The van der Waals surface area contributed by atoms with E-state index in [-0.39, 0.29) is 57.8 Å². The highest BCUT2D eigenvalue weighted by molar-refractivity contribution is 5.92. The van der Waals surface area contributed by atoms with Crippen LogP contribution in [0.15, 0.2) is 112 Å². The van der Waals surface area contributed by atoms with Crippen molar-refractivity contribution in [3.8, 4) is 0 Å². The Labute approximate surface area is 810 Å². The zero-order valence-electron chi connectivity index (χ0n) is 86.8. The largest absolute Gasteiger partial charge is 0.481 e. The second-order valence-electron chi connectivity index (χ2n) is 52.3. The number of hydrogen-bond acceptors (Lipinski definition) is 12.